The first-order valence-electron chi connectivity index (χ1n) is 4.67. The van der Waals surface area contributed by atoms with E-state index in [9.17, 15) is 4.79 Å². The second kappa shape index (κ2) is 2.64. The van der Waals surface area contributed by atoms with Crippen molar-refractivity contribution in [1.29, 1.82) is 0 Å². The Labute approximate surface area is 80.4 Å². The second-order valence-corrected chi connectivity index (χ2v) is 3.63. The molecule has 0 aliphatic heterocycles. The lowest BCUT2D eigenvalue weighted by molar-refractivity contribution is 0.112. The van der Waals surface area contributed by atoms with E-state index in [0.29, 0.717) is 22.6 Å². The molecule has 0 amide bonds. The largest absolute Gasteiger partial charge is 0.344 e. The van der Waals surface area contributed by atoms with Crippen molar-refractivity contribution in [2.75, 3.05) is 0 Å². The van der Waals surface area contributed by atoms with Crippen LogP contribution in [0.1, 0.15) is 34.8 Å². The minimum atomic E-state index is 0.571. The van der Waals surface area contributed by atoms with Crippen molar-refractivity contribution < 1.29 is 4.79 Å². The maximum absolute atomic E-state index is 10.7. The first kappa shape index (κ1) is 7.67. The van der Waals surface area contributed by atoms with Crippen LogP contribution in [0, 0.1) is 0 Å². The molecule has 0 bridgehead atoms. The second-order valence-electron chi connectivity index (χ2n) is 3.63. The molecule has 1 aliphatic carbocycles. The molecule has 2 heterocycles. The van der Waals surface area contributed by atoms with Crippen molar-refractivity contribution in [3.8, 4) is 0 Å². The standard InChI is InChI=1S/C10H9N3O/c14-5-7-3-11-10-9(7)13-8(4-12-10)6-1-2-6/h3-6H,1-2H2,(H,11,12). The summed E-state index contributed by atoms with van der Waals surface area (Å²) in [6.45, 7) is 0. The topological polar surface area (TPSA) is 58.6 Å². The van der Waals surface area contributed by atoms with Crippen LogP contribution in [0.15, 0.2) is 12.4 Å². The first-order valence-corrected chi connectivity index (χ1v) is 4.67. The monoisotopic (exact) mass is 187 g/mol. The fourth-order valence-corrected chi connectivity index (χ4v) is 1.59. The van der Waals surface area contributed by atoms with E-state index in [1.165, 1.54) is 12.8 Å². The van der Waals surface area contributed by atoms with Gasteiger partial charge in [-0.1, -0.05) is 0 Å². The third-order valence-electron chi connectivity index (χ3n) is 2.55. The molecule has 4 heteroatoms. The highest BCUT2D eigenvalue weighted by Crippen LogP contribution is 2.39. The highest BCUT2D eigenvalue weighted by Gasteiger charge is 2.25. The molecule has 14 heavy (non-hydrogen) atoms. The molecule has 0 unspecified atom stereocenters. The van der Waals surface area contributed by atoms with Crippen molar-refractivity contribution in [3.63, 3.8) is 0 Å². The van der Waals surface area contributed by atoms with Gasteiger partial charge in [0.2, 0.25) is 0 Å². The van der Waals surface area contributed by atoms with Crippen molar-refractivity contribution in [3.05, 3.63) is 23.7 Å². The Morgan fingerprint density at radius 3 is 3.07 bits per heavy atom. The summed E-state index contributed by atoms with van der Waals surface area (Å²) in [5.74, 6) is 0.571. The third-order valence-corrected chi connectivity index (χ3v) is 2.55. The number of hydrogen-bond acceptors (Lipinski definition) is 3. The Bertz CT molecular complexity index is 499. The van der Waals surface area contributed by atoms with Gasteiger partial charge in [-0.2, -0.15) is 0 Å². The van der Waals surface area contributed by atoms with Gasteiger partial charge in [0.25, 0.3) is 0 Å². The number of carbonyl (C=O) groups is 1. The minimum Gasteiger partial charge on any atom is -0.344 e. The van der Waals surface area contributed by atoms with E-state index in [1.54, 1.807) is 12.4 Å². The number of aromatic nitrogens is 3. The number of fused-ring (bicyclic) bond motifs is 1. The van der Waals surface area contributed by atoms with Gasteiger partial charge in [-0.3, -0.25) is 4.79 Å². The maximum Gasteiger partial charge on any atom is 0.156 e. The quantitative estimate of drug-likeness (QED) is 0.727. The number of nitrogens with one attached hydrogen (secondary N) is 1. The average molecular weight is 187 g/mol. The summed E-state index contributed by atoms with van der Waals surface area (Å²) < 4.78 is 0. The van der Waals surface area contributed by atoms with Crippen LogP contribution in [-0.4, -0.2) is 21.2 Å². The predicted octanol–water partition coefficient (Wildman–Crippen LogP) is 1.65. The number of rotatable bonds is 2. The molecule has 4 nitrogen and oxygen atoms in total. The molecule has 1 N–H and O–H groups in total. The molecule has 0 radical (unpaired) electrons. The van der Waals surface area contributed by atoms with Gasteiger partial charge in [0.15, 0.2) is 11.9 Å². The Morgan fingerprint density at radius 2 is 2.36 bits per heavy atom. The summed E-state index contributed by atoms with van der Waals surface area (Å²) in [5.41, 5.74) is 3.00. The van der Waals surface area contributed by atoms with Gasteiger partial charge < -0.3 is 4.98 Å². The fourth-order valence-electron chi connectivity index (χ4n) is 1.59. The van der Waals surface area contributed by atoms with Gasteiger partial charge in [-0.05, 0) is 12.8 Å². The van der Waals surface area contributed by atoms with Crippen LogP contribution in [0.2, 0.25) is 0 Å². The van der Waals surface area contributed by atoms with Gasteiger partial charge in [0.05, 0.1) is 17.5 Å². The van der Waals surface area contributed by atoms with Crippen LogP contribution in [0.25, 0.3) is 11.2 Å². The molecule has 3 rings (SSSR count). The van der Waals surface area contributed by atoms with Crippen molar-refractivity contribution in [2.24, 2.45) is 0 Å². The van der Waals surface area contributed by atoms with E-state index < -0.39 is 0 Å². The average Bonchev–Trinajstić information content (AvgIpc) is 2.98. The summed E-state index contributed by atoms with van der Waals surface area (Å²) in [6, 6.07) is 0. The van der Waals surface area contributed by atoms with Gasteiger partial charge in [0.1, 0.15) is 5.52 Å². The number of H-pyrrole nitrogens is 1. The molecule has 0 saturated heterocycles. The maximum atomic E-state index is 10.7. The molecule has 0 atom stereocenters. The van der Waals surface area contributed by atoms with E-state index in [-0.39, 0.29) is 0 Å². The van der Waals surface area contributed by atoms with Crippen molar-refractivity contribution in [1.82, 2.24) is 15.0 Å². The predicted molar refractivity (Wildman–Crippen MR) is 51.3 cm³/mol. The fraction of sp³-hybridized carbons (Fsp3) is 0.300. The van der Waals surface area contributed by atoms with Crippen LogP contribution in [0.5, 0.6) is 0 Å². The summed E-state index contributed by atoms with van der Waals surface area (Å²) in [7, 11) is 0. The van der Waals surface area contributed by atoms with Crippen LogP contribution in [0.4, 0.5) is 0 Å². The normalized spacial score (nSPS) is 16.0. The molecule has 0 spiro atoms. The highest BCUT2D eigenvalue weighted by molar-refractivity contribution is 5.92. The minimum absolute atomic E-state index is 0.571. The van der Waals surface area contributed by atoms with E-state index in [4.69, 9.17) is 0 Å². The number of hydrogen-bond donors (Lipinski definition) is 1. The van der Waals surface area contributed by atoms with Crippen LogP contribution in [0.3, 0.4) is 0 Å². The van der Waals surface area contributed by atoms with Crippen LogP contribution in [-0.2, 0) is 0 Å². The summed E-state index contributed by atoms with van der Waals surface area (Å²) >= 11 is 0. The lowest BCUT2D eigenvalue weighted by Crippen LogP contribution is -1.90. The summed E-state index contributed by atoms with van der Waals surface area (Å²) in [6.07, 6.45) is 6.64. The van der Waals surface area contributed by atoms with Crippen molar-refractivity contribution >= 4 is 17.5 Å². The molecule has 2 aromatic heterocycles. The van der Waals surface area contributed by atoms with E-state index in [1.807, 2.05) is 0 Å². The van der Waals surface area contributed by atoms with Gasteiger partial charge >= 0.3 is 0 Å². The molecule has 0 aromatic carbocycles. The summed E-state index contributed by atoms with van der Waals surface area (Å²) in [5, 5.41) is 0. The number of aromatic amines is 1. The van der Waals surface area contributed by atoms with Gasteiger partial charge in [0, 0.05) is 12.1 Å². The Morgan fingerprint density at radius 1 is 1.50 bits per heavy atom. The van der Waals surface area contributed by atoms with Crippen molar-refractivity contribution in [2.45, 2.75) is 18.8 Å². The number of aldehydes is 1. The number of carbonyl (C=O) groups excluding carboxylic acids is 1. The molecule has 70 valence electrons. The van der Waals surface area contributed by atoms with Crippen LogP contribution < -0.4 is 0 Å². The first-order chi connectivity index (χ1) is 6.88. The molecule has 1 saturated carbocycles. The van der Waals surface area contributed by atoms with Gasteiger partial charge in [-0.15, -0.1) is 0 Å². The Hall–Kier alpha value is -1.71. The zero-order valence-corrected chi connectivity index (χ0v) is 7.53. The van der Waals surface area contributed by atoms with E-state index in [0.717, 1.165) is 12.0 Å². The molecule has 1 aliphatic rings. The SMILES string of the molecule is O=Cc1c[nH]c2ncc(C3CC3)nc12. The van der Waals surface area contributed by atoms with E-state index >= 15 is 0 Å². The smallest absolute Gasteiger partial charge is 0.156 e. The number of nitrogens with zero attached hydrogens (tertiary/aromatic N) is 2. The Balaban J connectivity index is 2.23. The molecule has 2 aromatic rings. The summed E-state index contributed by atoms with van der Waals surface area (Å²) in [4.78, 5) is 22.3. The lowest BCUT2D eigenvalue weighted by Gasteiger charge is -1.96. The zero-order valence-electron chi connectivity index (χ0n) is 7.53. The zero-order chi connectivity index (χ0) is 9.54. The van der Waals surface area contributed by atoms with E-state index in [2.05, 4.69) is 15.0 Å². The van der Waals surface area contributed by atoms with Crippen LogP contribution >= 0.6 is 0 Å². The third kappa shape index (κ3) is 1.04. The molecular formula is C10H9N3O. The molecule has 1 fully saturated rings. The lowest BCUT2D eigenvalue weighted by atomic mass is 10.3. The van der Waals surface area contributed by atoms with Gasteiger partial charge in [-0.25, -0.2) is 9.97 Å². The highest BCUT2D eigenvalue weighted by atomic mass is 16.1. The molecular weight excluding hydrogens is 178 g/mol. The Kier molecular flexibility index (Phi) is 1.45.